The fourth-order valence-electron chi connectivity index (χ4n) is 2.18. The zero-order chi connectivity index (χ0) is 14.8. The molecule has 3 N–H and O–H groups in total. The van der Waals surface area contributed by atoms with Crippen LogP contribution >= 0.6 is 24.0 Å². The smallest absolute Gasteiger partial charge is 0.193 e. The molecular formula is C14H20F2IN3O. The van der Waals surface area contributed by atoms with Gasteiger partial charge in [0.05, 0.1) is 23.9 Å². The Morgan fingerprint density at radius 1 is 1.48 bits per heavy atom. The van der Waals surface area contributed by atoms with Gasteiger partial charge in [-0.3, -0.25) is 4.99 Å². The van der Waals surface area contributed by atoms with E-state index in [0.29, 0.717) is 6.54 Å². The van der Waals surface area contributed by atoms with Crippen molar-refractivity contribution >= 4 is 35.6 Å². The normalized spacial score (nSPS) is 21.0. The second-order valence-electron chi connectivity index (χ2n) is 5.51. The second kappa shape index (κ2) is 7.35. The lowest BCUT2D eigenvalue weighted by atomic mass is 10.1. The molecule has 1 saturated heterocycles. The second-order valence-corrected chi connectivity index (χ2v) is 5.51. The molecule has 0 saturated carbocycles. The van der Waals surface area contributed by atoms with Crippen molar-refractivity contribution in [1.29, 1.82) is 0 Å². The minimum absolute atomic E-state index is 0. The van der Waals surface area contributed by atoms with Crippen molar-refractivity contribution in [3.8, 4) is 0 Å². The largest absolute Gasteiger partial charge is 0.370 e. The maximum absolute atomic E-state index is 13.4. The van der Waals surface area contributed by atoms with Crippen molar-refractivity contribution in [3.63, 3.8) is 0 Å². The van der Waals surface area contributed by atoms with E-state index in [1.165, 1.54) is 0 Å². The number of benzene rings is 1. The molecule has 0 amide bonds. The van der Waals surface area contributed by atoms with Crippen LogP contribution in [-0.4, -0.2) is 24.2 Å². The average Bonchev–Trinajstić information content (AvgIpc) is 2.71. The summed E-state index contributed by atoms with van der Waals surface area (Å²) in [4.78, 5) is 4.11. The van der Waals surface area contributed by atoms with Crippen molar-refractivity contribution in [2.45, 2.75) is 38.4 Å². The Kier molecular flexibility index (Phi) is 6.33. The first-order chi connectivity index (χ1) is 9.35. The third-order valence-corrected chi connectivity index (χ3v) is 3.21. The van der Waals surface area contributed by atoms with Crippen LogP contribution in [0.5, 0.6) is 0 Å². The number of ether oxygens (including phenoxy) is 1. The van der Waals surface area contributed by atoms with Crippen molar-refractivity contribution in [2.24, 2.45) is 10.7 Å². The van der Waals surface area contributed by atoms with Crippen molar-refractivity contribution < 1.29 is 13.5 Å². The highest BCUT2D eigenvalue weighted by Crippen LogP contribution is 2.29. The standard InChI is InChI=1S/C14H19F2N3O.HI/c1-14(2)6-5-10(20-14)8-18-13(17)19-12-7-9(15)3-4-11(12)16;/h3-4,7,10H,5-6,8H2,1-2H3,(H3,17,18,19);1H. The van der Waals surface area contributed by atoms with Gasteiger partial charge in [0.1, 0.15) is 11.6 Å². The van der Waals surface area contributed by atoms with Gasteiger partial charge in [-0.05, 0) is 38.8 Å². The Morgan fingerprint density at radius 3 is 2.81 bits per heavy atom. The maximum atomic E-state index is 13.4. The van der Waals surface area contributed by atoms with E-state index in [2.05, 4.69) is 10.3 Å². The van der Waals surface area contributed by atoms with Gasteiger partial charge in [0.25, 0.3) is 0 Å². The molecule has 0 bridgehead atoms. The molecule has 21 heavy (non-hydrogen) atoms. The number of nitrogens with zero attached hydrogens (tertiary/aromatic N) is 1. The predicted molar refractivity (Wildman–Crippen MR) is 90.1 cm³/mol. The van der Waals surface area contributed by atoms with E-state index < -0.39 is 11.6 Å². The van der Waals surface area contributed by atoms with Crippen molar-refractivity contribution in [1.82, 2.24) is 0 Å². The third-order valence-electron chi connectivity index (χ3n) is 3.21. The van der Waals surface area contributed by atoms with Gasteiger partial charge in [-0.25, -0.2) is 8.78 Å². The zero-order valence-electron chi connectivity index (χ0n) is 12.0. The van der Waals surface area contributed by atoms with E-state index in [4.69, 9.17) is 10.5 Å². The number of rotatable bonds is 3. The lowest BCUT2D eigenvalue weighted by Gasteiger charge is -2.18. The summed E-state index contributed by atoms with van der Waals surface area (Å²) in [6.45, 7) is 4.46. The number of anilines is 1. The first-order valence-electron chi connectivity index (χ1n) is 6.55. The Bertz CT molecular complexity index is 523. The van der Waals surface area contributed by atoms with Crippen LogP contribution < -0.4 is 11.1 Å². The van der Waals surface area contributed by atoms with Crippen LogP contribution in [0.2, 0.25) is 0 Å². The van der Waals surface area contributed by atoms with Gasteiger partial charge in [-0.2, -0.15) is 0 Å². The number of nitrogens with two attached hydrogens (primary N) is 1. The molecule has 2 rings (SSSR count). The molecule has 0 spiro atoms. The summed E-state index contributed by atoms with van der Waals surface area (Å²) in [5.74, 6) is -1.08. The number of hydrogen-bond acceptors (Lipinski definition) is 2. The summed E-state index contributed by atoms with van der Waals surface area (Å²) in [6, 6.07) is 3.11. The van der Waals surface area contributed by atoms with E-state index in [1.54, 1.807) is 0 Å². The first kappa shape index (κ1) is 18.1. The molecule has 1 unspecified atom stereocenters. The number of halogens is 3. The SMILES string of the molecule is CC1(C)CCC(CN=C(N)Nc2cc(F)ccc2F)O1.I. The minimum atomic E-state index is -0.581. The molecule has 1 atom stereocenters. The summed E-state index contributed by atoms with van der Waals surface area (Å²) in [6.07, 6.45) is 1.90. The summed E-state index contributed by atoms with van der Waals surface area (Å²) in [5, 5.41) is 2.55. The van der Waals surface area contributed by atoms with Gasteiger partial charge >= 0.3 is 0 Å². The highest BCUT2D eigenvalue weighted by Gasteiger charge is 2.31. The Balaban J connectivity index is 0.00000220. The molecule has 1 aromatic carbocycles. The molecular weight excluding hydrogens is 391 g/mol. The lowest BCUT2D eigenvalue weighted by molar-refractivity contribution is -0.0106. The van der Waals surface area contributed by atoms with Gasteiger partial charge in [-0.1, -0.05) is 0 Å². The predicted octanol–water partition coefficient (Wildman–Crippen LogP) is 3.27. The fourth-order valence-corrected chi connectivity index (χ4v) is 2.18. The van der Waals surface area contributed by atoms with Crippen LogP contribution in [0.1, 0.15) is 26.7 Å². The van der Waals surface area contributed by atoms with E-state index in [0.717, 1.165) is 31.0 Å². The molecule has 0 aromatic heterocycles. The zero-order valence-corrected chi connectivity index (χ0v) is 14.4. The Morgan fingerprint density at radius 2 is 2.19 bits per heavy atom. The topological polar surface area (TPSA) is 59.6 Å². The monoisotopic (exact) mass is 411 g/mol. The molecule has 1 aliphatic rings. The number of hydrogen-bond donors (Lipinski definition) is 2. The van der Waals surface area contributed by atoms with Crippen LogP contribution in [0.3, 0.4) is 0 Å². The third kappa shape index (κ3) is 5.39. The van der Waals surface area contributed by atoms with Crippen LogP contribution in [0, 0.1) is 11.6 Å². The van der Waals surface area contributed by atoms with E-state index in [1.807, 2.05) is 13.8 Å². The highest BCUT2D eigenvalue weighted by atomic mass is 127. The molecule has 0 radical (unpaired) electrons. The van der Waals surface area contributed by atoms with Gasteiger partial charge in [0, 0.05) is 6.07 Å². The molecule has 1 heterocycles. The summed E-state index contributed by atoms with van der Waals surface area (Å²) in [5.41, 5.74) is 5.51. The fraction of sp³-hybridized carbons (Fsp3) is 0.500. The molecule has 7 heteroatoms. The van der Waals surface area contributed by atoms with Crippen LogP contribution in [-0.2, 0) is 4.74 Å². The first-order valence-corrected chi connectivity index (χ1v) is 6.55. The van der Waals surface area contributed by atoms with Gasteiger partial charge in [0.15, 0.2) is 5.96 Å². The number of guanidine groups is 1. The van der Waals surface area contributed by atoms with E-state index in [-0.39, 0.29) is 47.3 Å². The number of aliphatic imine (C=N–C) groups is 1. The van der Waals surface area contributed by atoms with E-state index >= 15 is 0 Å². The van der Waals surface area contributed by atoms with Gasteiger partial charge in [0.2, 0.25) is 0 Å². The summed E-state index contributed by atoms with van der Waals surface area (Å²) < 4.78 is 32.2. The van der Waals surface area contributed by atoms with Crippen LogP contribution in [0.15, 0.2) is 23.2 Å². The van der Waals surface area contributed by atoms with Crippen LogP contribution in [0.4, 0.5) is 14.5 Å². The van der Waals surface area contributed by atoms with Crippen LogP contribution in [0.25, 0.3) is 0 Å². The quantitative estimate of drug-likeness (QED) is 0.456. The summed E-state index contributed by atoms with van der Waals surface area (Å²) in [7, 11) is 0. The molecule has 1 fully saturated rings. The van der Waals surface area contributed by atoms with Crippen molar-refractivity contribution in [2.75, 3.05) is 11.9 Å². The molecule has 0 aliphatic carbocycles. The Hall–Kier alpha value is -0.960. The molecule has 1 aromatic rings. The minimum Gasteiger partial charge on any atom is -0.370 e. The molecule has 1 aliphatic heterocycles. The molecule has 118 valence electrons. The highest BCUT2D eigenvalue weighted by molar-refractivity contribution is 14.0. The van der Waals surface area contributed by atoms with Gasteiger partial charge in [-0.15, -0.1) is 24.0 Å². The maximum Gasteiger partial charge on any atom is 0.193 e. The lowest BCUT2D eigenvalue weighted by Crippen LogP contribution is -2.26. The number of nitrogens with one attached hydrogen (secondary N) is 1. The van der Waals surface area contributed by atoms with E-state index in [9.17, 15) is 8.78 Å². The Labute approximate surface area is 140 Å². The molecule has 4 nitrogen and oxygen atoms in total. The summed E-state index contributed by atoms with van der Waals surface area (Å²) >= 11 is 0. The van der Waals surface area contributed by atoms with Gasteiger partial charge < -0.3 is 15.8 Å². The van der Waals surface area contributed by atoms with Crippen molar-refractivity contribution in [3.05, 3.63) is 29.8 Å². The average molecular weight is 411 g/mol.